The third-order valence-corrected chi connectivity index (χ3v) is 3.27. The number of unbranched alkanes of at least 4 members (excludes halogenated alkanes) is 1. The molecular weight excluding hydrogens is 322 g/mol. The summed E-state index contributed by atoms with van der Waals surface area (Å²) in [6.07, 6.45) is 1.20. The van der Waals surface area contributed by atoms with Crippen LogP contribution < -0.4 is 16.4 Å². The van der Waals surface area contributed by atoms with Gasteiger partial charge < -0.3 is 21.1 Å². The first-order valence-electron chi connectivity index (χ1n) is 8.31. The Kier molecular flexibility index (Phi) is 7.91. The first kappa shape index (κ1) is 20.5. The van der Waals surface area contributed by atoms with Crippen molar-refractivity contribution in [3.05, 3.63) is 35.9 Å². The van der Waals surface area contributed by atoms with Gasteiger partial charge in [0.2, 0.25) is 5.91 Å². The fourth-order valence-corrected chi connectivity index (χ4v) is 2.09. The van der Waals surface area contributed by atoms with E-state index in [4.69, 9.17) is 10.5 Å². The molecule has 1 unspecified atom stereocenters. The first-order valence-corrected chi connectivity index (χ1v) is 8.31. The lowest BCUT2D eigenvalue weighted by atomic mass is 10.1. The molecule has 0 saturated carbocycles. The average molecular weight is 349 g/mol. The number of amides is 3. The van der Waals surface area contributed by atoms with Crippen LogP contribution in [-0.2, 0) is 9.53 Å². The van der Waals surface area contributed by atoms with Crippen molar-refractivity contribution in [2.45, 2.75) is 51.7 Å². The number of nitrogens with two attached hydrogens (primary N) is 1. The van der Waals surface area contributed by atoms with Crippen LogP contribution in [0.4, 0.5) is 4.79 Å². The van der Waals surface area contributed by atoms with Gasteiger partial charge in [0, 0.05) is 12.1 Å². The third-order valence-electron chi connectivity index (χ3n) is 3.27. The highest BCUT2D eigenvalue weighted by Gasteiger charge is 2.19. The number of alkyl carbamates (subject to hydrolysis) is 1. The topological polar surface area (TPSA) is 111 Å². The normalized spacial score (nSPS) is 12.1. The molecule has 4 N–H and O–H groups in total. The molecule has 0 saturated heterocycles. The van der Waals surface area contributed by atoms with E-state index in [1.165, 1.54) is 0 Å². The van der Waals surface area contributed by atoms with Crippen LogP contribution in [0.3, 0.4) is 0 Å². The van der Waals surface area contributed by atoms with Gasteiger partial charge in [-0.3, -0.25) is 9.59 Å². The van der Waals surface area contributed by atoms with E-state index in [9.17, 15) is 14.4 Å². The van der Waals surface area contributed by atoms with Crippen molar-refractivity contribution in [1.82, 2.24) is 10.6 Å². The summed E-state index contributed by atoms with van der Waals surface area (Å²) < 4.78 is 5.12. The van der Waals surface area contributed by atoms with Gasteiger partial charge in [-0.25, -0.2) is 4.79 Å². The van der Waals surface area contributed by atoms with Crippen molar-refractivity contribution in [3.63, 3.8) is 0 Å². The molecule has 0 aliphatic heterocycles. The van der Waals surface area contributed by atoms with Gasteiger partial charge in [0.05, 0.1) is 0 Å². The Bertz CT molecular complexity index is 582. The van der Waals surface area contributed by atoms with Crippen LogP contribution in [0.15, 0.2) is 30.3 Å². The molecule has 0 fully saturated rings. The van der Waals surface area contributed by atoms with Crippen LogP contribution in [0.25, 0.3) is 0 Å². The summed E-state index contributed by atoms with van der Waals surface area (Å²) in [5, 5.41) is 5.28. The summed E-state index contributed by atoms with van der Waals surface area (Å²) in [5.74, 6) is -0.916. The van der Waals surface area contributed by atoms with Crippen molar-refractivity contribution in [2.75, 3.05) is 6.54 Å². The van der Waals surface area contributed by atoms with Crippen LogP contribution in [0, 0.1) is 0 Å². The maximum atomic E-state index is 12.1. The fraction of sp³-hybridized carbons (Fsp3) is 0.500. The highest BCUT2D eigenvalue weighted by atomic mass is 16.6. The summed E-state index contributed by atoms with van der Waals surface area (Å²) in [7, 11) is 0. The predicted molar refractivity (Wildman–Crippen MR) is 95.0 cm³/mol. The number of benzene rings is 1. The van der Waals surface area contributed by atoms with Crippen molar-refractivity contribution >= 4 is 17.9 Å². The molecule has 1 atom stereocenters. The Morgan fingerprint density at radius 3 is 2.32 bits per heavy atom. The zero-order valence-electron chi connectivity index (χ0n) is 15.0. The number of carbonyl (C=O) groups is 3. The molecule has 0 bridgehead atoms. The summed E-state index contributed by atoms with van der Waals surface area (Å²) in [5.41, 5.74) is 5.29. The monoisotopic (exact) mass is 349 g/mol. The lowest BCUT2D eigenvalue weighted by molar-refractivity contribution is -0.120. The molecule has 0 radical (unpaired) electrons. The smallest absolute Gasteiger partial charge is 0.407 e. The summed E-state index contributed by atoms with van der Waals surface area (Å²) >= 11 is 0. The van der Waals surface area contributed by atoms with E-state index in [0.717, 1.165) is 0 Å². The van der Waals surface area contributed by atoms with Crippen LogP contribution in [0.2, 0.25) is 0 Å². The van der Waals surface area contributed by atoms with Crippen molar-refractivity contribution < 1.29 is 19.1 Å². The lowest BCUT2D eigenvalue weighted by Crippen LogP contribution is -2.44. The number of rotatable bonds is 8. The van der Waals surface area contributed by atoms with E-state index in [0.29, 0.717) is 31.4 Å². The van der Waals surface area contributed by atoms with E-state index in [1.54, 1.807) is 51.1 Å². The Labute approximate surface area is 148 Å². The van der Waals surface area contributed by atoms with E-state index in [2.05, 4.69) is 10.6 Å². The molecule has 0 spiro atoms. The fourth-order valence-electron chi connectivity index (χ4n) is 2.09. The maximum absolute atomic E-state index is 12.1. The minimum absolute atomic E-state index is 0.337. The van der Waals surface area contributed by atoms with E-state index in [1.807, 2.05) is 0 Å². The Morgan fingerprint density at radius 1 is 1.12 bits per heavy atom. The quantitative estimate of drug-likeness (QED) is 0.623. The van der Waals surface area contributed by atoms with Gasteiger partial charge in [-0.15, -0.1) is 0 Å². The number of primary amides is 1. The molecule has 25 heavy (non-hydrogen) atoms. The Balaban J connectivity index is 2.33. The molecule has 0 aromatic heterocycles. The molecule has 138 valence electrons. The second-order valence-corrected chi connectivity index (χ2v) is 6.72. The second kappa shape index (κ2) is 9.66. The number of ether oxygens (including phenoxy) is 1. The van der Waals surface area contributed by atoms with E-state index in [-0.39, 0.29) is 5.91 Å². The molecule has 0 heterocycles. The van der Waals surface area contributed by atoms with Gasteiger partial charge in [-0.1, -0.05) is 18.2 Å². The van der Waals surface area contributed by atoms with Gasteiger partial charge in [-0.05, 0) is 52.2 Å². The van der Waals surface area contributed by atoms with Crippen LogP contribution in [0.1, 0.15) is 50.4 Å². The van der Waals surface area contributed by atoms with Crippen LogP contribution in [-0.4, -0.2) is 36.1 Å². The summed E-state index contributed by atoms with van der Waals surface area (Å²) in [6, 6.07) is 7.89. The van der Waals surface area contributed by atoms with Crippen LogP contribution >= 0.6 is 0 Å². The minimum atomic E-state index is -0.741. The molecule has 1 rings (SSSR count). The van der Waals surface area contributed by atoms with E-state index < -0.39 is 23.6 Å². The van der Waals surface area contributed by atoms with Gasteiger partial charge in [-0.2, -0.15) is 0 Å². The van der Waals surface area contributed by atoms with Gasteiger partial charge >= 0.3 is 6.09 Å². The molecule has 7 nitrogen and oxygen atoms in total. The minimum Gasteiger partial charge on any atom is -0.444 e. The summed E-state index contributed by atoms with van der Waals surface area (Å²) in [4.78, 5) is 35.1. The highest BCUT2D eigenvalue weighted by Crippen LogP contribution is 2.07. The van der Waals surface area contributed by atoms with Crippen LogP contribution in [0.5, 0.6) is 0 Å². The maximum Gasteiger partial charge on any atom is 0.407 e. The number of nitrogens with one attached hydrogen (secondary N) is 2. The van der Waals surface area contributed by atoms with Gasteiger partial charge in [0.15, 0.2) is 0 Å². The van der Waals surface area contributed by atoms with Gasteiger partial charge in [0.1, 0.15) is 11.6 Å². The molecule has 1 aromatic carbocycles. The summed E-state index contributed by atoms with van der Waals surface area (Å²) in [6.45, 7) is 5.80. The number of carbonyl (C=O) groups excluding carboxylic acids is 3. The van der Waals surface area contributed by atoms with Crippen molar-refractivity contribution in [2.24, 2.45) is 5.73 Å². The van der Waals surface area contributed by atoms with Crippen molar-refractivity contribution in [3.8, 4) is 0 Å². The zero-order chi connectivity index (χ0) is 18.9. The number of hydrogen-bond acceptors (Lipinski definition) is 4. The second-order valence-electron chi connectivity index (χ2n) is 6.72. The predicted octanol–water partition coefficient (Wildman–Crippen LogP) is 1.97. The SMILES string of the molecule is CC(C)(C)OC(=O)NCCCCC(NC(=O)c1ccccc1)C(N)=O. The molecule has 3 amide bonds. The molecule has 0 aliphatic rings. The standard InChI is InChI=1S/C18H27N3O4/c1-18(2,3)25-17(24)20-12-8-7-11-14(15(19)22)21-16(23)13-9-5-4-6-10-13/h4-6,9-10,14H,7-8,11-12H2,1-3H3,(H2,19,22)(H,20,24)(H,21,23). The number of hydrogen-bond donors (Lipinski definition) is 3. The lowest BCUT2D eigenvalue weighted by Gasteiger charge is -2.19. The van der Waals surface area contributed by atoms with Crippen molar-refractivity contribution in [1.29, 1.82) is 0 Å². The Hall–Kier alpha value is -2.57. The highest BCUT2D eigenvalue weighted by molar-refractivity contribution is 5.97. The molecule has 0 aliphatic carbocycles. The average Bonchev–Trinajstić information content (AvgIpc) is 2.52. The molecular formula is C18H27N3O4. The molecule has 7 heteroatoms. The largest absolute Gasteiger partial charge is 0.444 e. The van der Waals surface area contributed by atoms with Gasteiger partial charge in [0.25, 0.3) is 5.91 Å². The third kappa shape index (κ3) is 8.74. The van der Waals surface area contributed by atoms with E-state index >= 15 is 0 Å². The Morgan fingerprint density at radius 2 is 1.76 bits per heavy atom. The first-order chi connectivity index (χ1) is 11.7. The molecule has 1 aromatic rings. The zero-order valence-corrected chi connectivity index (χ0v) is 15.0.